The first kappa shape index (κ1) is 11.1. The summed E-state index contributed by atoms with van der Waals surface area (Å²) in [5.41, 5.74) is 1.20. The second-order valence-electron chi connectivity index (χ2n) is 4.60. The number of hydrogen-bond donors (Lipinski definition) is 2. The van der Waals surface area contributed by atoms with Crippen LogP contribution in [-0.4, -0.2) is 30.8 Å². The minimum absolute atomic E-state index is 0.0387. The van der Waals surface area contributed by atoms with Crippen LogP contribution in [0.3, 0.4) is 0 Å². The Bertz CT molecular complexity index is 429. The summed E-state index contributed by atoms with van der Waals surface area (Å²) in [5, 5.41) is 6.41. The summed E-state index contributed by atoms with van der Waals surface area (Å²) < 4.78 is 0. The Kier molecular flexibility index (Phi) is 3.07. The Balaban J connectivity index is 1.71. The van der Waals surface area contributed by atoms with Gasteiger partial charge in [-0.1, -0.05) is 18.2 Å². The summed E-state index contributed by atoms with van der Waals surface area (Å²) in [6.07, 6.45) is 1.05. The molecule has 0 saturated carbocycles. The van der Waals surface area contributed by atoms with Gasteiger partial charge in [0.25, 0.3) is 0 Å². The summed E-state index contributed by atoms with van der Waals surface area (Å²) in [7, 11) is 0. The Morgan fingerprint density at radius 2 is 2.29 bits per heavy atom. The van der Waals surface area contributed by atoms with Crippen LogP contribution < -0.4 is 10.6 Å². The van der Waals surface area contributed by atoms with Crippen LogP contribution in [0.4, 0.5) is 0 Å². The molecule has 0 radical (unpaired) electrons. The quantitative estimate of drug-likeness (QED) is 0.830. The lowest BCUT2D eigenvalue weighted by atomic mass is 10.00. The van der Waals surface area contributed by atoms with Crippen molar-refractivity contribution in [2.24, 2.45) is 0 Å². The van der Waals surface area contributed by atoms with Crippen molar-refractivity contribution in [3.63, 3.8) is 0 Å². The van der Waals surface area contributed by atoms with Gasteiger partial charge in [-0.2, -0.15) is 0 Å². The van der Waals surface area contributed by atoms with E-state index in [2.05, 4.69) is 22.8 Å². The number of hydrogen-bond acceptors (Lipinski definition) is 3. The van der Waals surface area contributed by atoms with E-state index in [-0.39, 0.29) is 11.8 Å². The van der Waals surface area contributed by atoms with Gasteiger partial charge in [0.2, 0.25) is 5.91 Å². The molecule has 0 aliphatic carbocycles. The number of carbonyl (C=O) groups excluding carboxylic acids is 1. The van der Waals surface area contributed by atoms with Crippen molar-refractivity contribution >= 4 is 17.7 Å². The van der Waals surface area contributed by atoms with Crippen molar-refractivity contribution < 1.29 is 4.79 Å². The van der Waals surface area contributed by atoms with Crippen LogP contribution in [0.1, 0.15) is 17.9 Å². The zero-order chi connectivity index (χ0) is 11.7. The predicted octanol–water partition coefficient (Wildman–Crippen LogP) is 1.35. The first-order valence-electron chi connectivity index (χ1n) is 6.07. The number of fused-ring (bicyclic) bond motifs is 1. The SMILES string of the molecule is O=C(N[C@H]1CCNC1)C1CSc2ccccc21. The van der Waals surface area contributed by atoms with Crippen molar-refractivity contribution in [1.82, 2.24) is 10.6 Å². The van der Waals surface area contributed by atoms with Crippen molar-refractivity contribution in [3.05, 3.63) is 29.8 Å². The zero-order valence-electron chi connectivity index (χ0n) is 9.61. The normalized spacial score (nSPS) is 26.8. The minimum atomic E-state index is 0.0387. The first-order valence-corrected chi connectivity index (χ1v) is 7.06. The van der Waals surface area contributed by atoms with Gasteiger partial charge in [0.05, 0.1) is 5.92 Å². The van der Waals surface area contributed by atoms with E-state index in [9.17, 15) is 4.79 Å². The van der Waals surface area contributed by atoms with Crippen molar-refractivity contribution in [2.75, 3.05) is 18.8 Å². The molecule has 2 heterocycles. The molecule has 3 nitrogen and oxygen atoms in total. The van der Waals surface area contributed by atoms with E-state index in [0.717, 1.165) is 25.3 Å². The smallest absolute Gasteiger partial charge is 0.228 e. The van der Waals surface area contributed by atoms with Crippen LogP contribution in [0, 0.1) is 0 Å². The highest BCUT2D eigenvalue weighted by atomic mass is 32.2. The molecular weight excluding hydrogens is 232 g/mol. The molecule has 1 unspecified atom stereocenters. The molecule has 0 aromatic heterocycles. The van der Waals surface area contributed by atoms with Gasteiger partial charge in [0.15, 0.2) is 0 Å². The molecule has 1 amide bonds. The summed E-state index contributed by atoms with van der Waals surface area (Å²) >= 11 is 1.79. The zero-order valence-corrected chi connectivity index (χ0v) is 10.4. The third-order valence-corrected chi connectivity index (χ3v) is 4.61. The molecule has 90 valence electrons. The fraction of sp³-hybridized carbons (Fsp3) is 0.462. The van der Waals surface area contributed by atoms with Gasteiger partial charge in [-0.15, -0.1) is 11.8 Å². The summed E-state index contributed by atoms with van der Waals surface area (Å²) in [4.78, 5) is 13.5. The largest absolute Gasteiger partial charge is 0.351 e. The fourth-order valence-corrected chi connectivity index (χ4v) is 3.69. The van der Waals surface area contributed by atoms with E-state index in [1.54, 1.807) is 11.8 Å². The lowest BCUT2D eigenvalue weighted by Gasteiger charge is -2.15. The molecule has 17 heavy (non-hydrogen) atoms. The Morgan fingerprint density at radius 1 is 1.41 bits per heavy atom. The van der Waals surface area contributed by atoms with Crippen LogP contribution >= 0.6 is 11.8 Å². The lowest BCUT2D eigenvalue weighted by Crippen LogP contribution is -2.39. The van der Waals surface area contributed by atoms with Crippen molar-refractivity contribution in [3.8, 4) is 0 Å². The van der Waals surface area contributed by atoms with Gasteiger partial charge in [-0.25, -0.2) is 0 Å². The van der Waals surface area contributed by atoms with Gasteiger partial charge >= 0.3 is 0 Å². The van der Waals surface area contributed by atoms with Crippen LogP contribution in [0.5, 0.6) is 0 Å². The lowest BCUT2D eigenvalue weighted by molar-refractivity contribution is -0.122. The van der Waals surface area contributed by atoms with Crippen molar-refractivity contribution in [1.29, 1.82) is 0 Å². The van der Waals surface area contributed by atoms with Gasteiger partial charge in [0.1, 0.15) is 0 Å². The molecule has 4 heteroatoms. The number of nitrogens with one attached hydrogen (secondary N) is 2. The average molecular weight is 248 g/mol. The third kappa shape index (κ3) is 2.19. The van der Waals surface area contributed by atoms with E-state index in [4.69, 9.17) is 0 Å². The van der Waals surface area contributed by atoms with E-state index < -0.39 is 0 Å². The number of rotatable bonds is 2. The fourth-order valence-electron chi connectivity index (χ4n) is 2.46. The summed E-state index contributed by atoms with van der Waals surface area (Å²) in [6, 6.07) is 8.55. The van der Waals surface area contributed by atoms with E-state index in [1.165, 1.54) is 10.5 Å². The Morgan fingerprint density at radius 3 is 3.12 bits per heavy atom. The molecule has 2 aliphatic heterocycles. The molecular formula is C13H16N2OS. The van der Waals surface area contributed by atoms with E-state index in [1.807, 2.05) is 12.1 Å². The van der Waals surface area contributed by atoms with Crippen LogP contribution in [0.15, 0.2) is 29.2 Å². The van der Waals surface area contributed by atoms with Crippen LogP contribution in [0.2, 0.25) is 0 Å². The van der Waals surface area contributed by atoms with E-state index in [0.29, 0.717) is 6.04 Å². The number of benzene rings is 1. The maximum Gasteiger partial charge on any atom is 0.228 e. The Labute approximate surface area is 105 Å². The second kappa shape index (κ2) is 4.70. The second-order valence-corrected chi connectivity index (χ2v) is 5.66. The summed E-state index contributed by atoms with van der Waals surface area (Å²) in [6.45, 7) is 1.92. The monoisotopic (exact) mass is 248 g/mol. The number of thioether (sulfide) groups is 1. The van der Waals surface area contributed by atoms with Crippen molar-refractivity contribution in [2.45, 2.75) is 23.3 Å². The van der Waals surface area contributed by atoms with Gasteiger partial charge in [0, 0.05) is 23.2 Å². The minimum Gasteiger partial charge on any atom is -0.351 e. The first-order chi connectivity index (χ1) is 8.34. The van der Waals surface area contributed by atoms with Gasteiger partial charge < -0.3 is 10.6 Å². The molecule has 1 aromatic rings. The summed E-state index contributed by atoms with van der Waals surface area (Å²) in [5.74, 6) is 1.11. The highest BCUT2D eigenvalue weighted by molar-refractivity contribution is 7.99. The molecule has 1 aromatic carbocycles. The molecule has 0 spiro atoms. The number of carbonyl (C=O) groups is 1. The number of amides is 1. The standard InChI is InChI=1S/C13H16N2OS/c16-13(15-9-5-6-14-7-9)11-8-17-12-4-2-1-3-10(11)12/h1-4,9,11,14H,5-8H2,(H,15,16)/t9-,11?/m0/s1. The highest BCUT2D eigenvalue weighted by Gasteiger charge is 2.30. The topological polar surface area (TPSA) is 41.1 Å². The maximum atomic E-state index is 12.2. The maximum absolute atomic E-state index is 12.2. The van der Waals surface area contributed by atoms with Crippen LogP contribution in [0.25, 0.3) is 0 Å². The van der Waals surface area contributed by atoms with Crippen LogP contribution in [-0.2, 0) is 4.79 Å². The average Bonchev–Trinajstić information content (AvgIpc) is 2.96. The van der Waals surface area contributed by atoms with Gasteiger partial charge in [-0.3, -0.25) is 4.79 Å². The molecule has 2 N–H and O–H groups in total. The molecule has 1 saturated heterocycles. The molecule has 2 aliphatic rings. The third-order valence-electron chi connectivity index (χ3n) is 3.42. The molecule has 1 fully saturated rings. The Hall–Kier alpha value is -1.00. The molecule has 2 atom stereocenters. The predicted molar refractivity (Wildman–Crippen MR) is 69.3 cm³/mol. The molecule has 0 bridgehead atoms. The van der Waals surface area contributed by atoms with E-state index >= 15 is 0 Å². The highest BCUT2D eigenvalue weighted by Crippen LogP contribution is 2.39. The van der Waals surface area contributed by atoms with Gasteiger partial charge in [-0.05, 0) is 24.6 Å². The molecule has 3 rings (SSSR count).